The molecular formula is C29H35N5O5. The summed E-state index contributed by atoms with van der Waals surface area (Å²) in [5.74, 6) is -0.363. The molecule has 10 nitrogen and oxygen atoms in total. The van der Waals surface area contributed by atoms with E-state index in [-0.39, 0.29) is 48.3 Å². The first-order valence-electron chi connectivity index (χ1n) is 13.3. The van der Waals surface area contributed by atoms with E-state index in [1.165, 1.54) is 7.11 Å². The van der Waals surface area contributed by atoms with Crippen molar-refractivity contribution in [3.05, 3.63) is 45.0 Å². The second kappa shape index (κ2) is 9.59. The minimum atomic E-state index is -0.761. The number of likely N-dealkylation sites (N-methyl/N-ethyl adjacent to an activating group) is 1. The fraction of sp³-hybridized carbons (Fsp3) is 0.517. The van der Waals surface area contributed by atoms with Crippen molar-refractivity contribution in [1.29, 1.82) is 5.26 Å². The summed E-state index contributed by atoms with van der Waals surface area (Å²) in [7, 11) is 3.45. The third-order valence-electron chi connectivity index (χ3n) is 9.10. The van der Waals surface area contributed by atoms with Crippen LogP contribution in [0.1, 0.15) is 49.9 Å². The topological polar surface area (TPSA) is 149 Å². The fourth-order valence-corrected chi connectivity index (χ4v) is 7.07. The van der Waals surface area contributed by atoms with Crippen LogP contribution in [-0.2, 0) is 20.8 Å². The lowest BCUT2D eigenvalue weighted by Gasteiger charge is -2.60. The van der Waals surface area contributed by atoms with E-state index < -0.39 is 24.2 Å². The van der Waals surface area contributed by atoms with Gasteiger partial charge in [0.1, 0.15) is 6.04 Å². The molecule has 1 aliphatic carbocycles. The Kier molecular flexibility index (Phi) is 6.66. The summed E-state index contributed by atoms with van der Waals surface area (Å²) in [6, 6.07) is 1.35. The Labute approximate surface area is 228 Å². The molecule has 1 fully saturated rings. The number of aryl methyl sites for hydroxylation is 1. The number of fused-ring (bicyclic) bond motifs is 6. The molecule has 0 unspecified atom stereocenters. The fourth-order valence-electron chi connectivity index (χ4n) is 7.07. The Morgan fingerprint density at radius 2 is 1.90 bits per heavy atom. The SMILES string of the molecule is COc1c(C)cc2c(c1O)[C@@H]1[C@@H]3CC4=C(C(=O)C(C)=C(C)C4=O)[C@H](CNC(=O)[C@H](C)N)N3[C@@H](C#N)[C@@H](C2)N1C. The molecule has 3 aliphatic heterocycles. The van der Waals surface area contributed by atoms with Crippen molar-refractivity contribution in [2.45, 2.75) is 76.8 Å². The average Bonchev–Trinajstić information content (AvgIpc) is 2.89. The van der Waals surface area contributed by atoms with Crippen molar-refractivity contribution < 1.29 is 24.2 Å². The molecule has 6 atom stereocenters. The molecule has 0 aromatic heterocycles. The molecule has 1 aromatic carbocycles. The minimum Gasteiger partial charge on any atom is -0.504 e. The number of phenols is 1. The number of methoxy groups -OCH3 is 1. The molecule has 2 bridgehead atoms. The second-order valence-electron chi connectivity index (χ2n) is 11.2. The quantitative estimate of drug-likeness (QED) is 0.485. The van der Waals surface area contributed by atoms with Crippen molar-refractivity contribution >= 4 is 17.5 Å². The number of ether oxygens (including phenoxy) is 1. The zero-order valence-electron chi connectivity index (χ0n) is 23.2. The third kappa shape index (κ3) is 3.83. The van der Waals surface area contributed by atoms with Gasteiger partial charge in [-0.15, -0.1) is 0 Å². The van der Waals surface area contributed by atoms with Gasteiger partial charge in [0.15, 0.2) is 23.1 Å². The third-order valence-corrected chi connectivity index (χ3v) is 9.10. The largest absolute Gasteiger partial charge is 0.504 e. The first kappa shape index (κ1) is 27.1. The van der Waals surface area contributed by atoms with E-state index in [0.29, 0.717) is 40.0 Å². The number of phenolic OH excluding ortho intramolecular Hbond substituents is 1. The molecule has 0 spiro atoms. The van der Waals surface area contributed by atoms with Crippen LogP contribution in [0.25, 0.3) is 0 Å². The van der Waals surface area contributed by atoms with Gasteiger partial charge in [0.05, 0.1) is 31.3 Å². The Hall–Kier alpha value is -3.52. The standard InChI is InChI=1S/C29H35N5O5/c1-12-7-16-8-18-20(10-30)34-19(24(33(18)5)22(16)27(37)28(12)39-6)9-17-23(21(34)11-32-29(38)15(4)31)26(36)14(3)13(2)25(17)35/h7,15,18-21,24,37H,8-9,11,31H2,1-6H3,(H,32,38)/t15-,18+,19-,20-,21-,24-/m0/s1. The van der Waals surface area contributed by atoms with E-state index in [2.05, 4.69) is 16.3 Å². The van der Waals surface area contributed by atoms with E-state index in [9.17, 15) is 24.8 Å². The molecule has 3 heterocycles. The summed E-state index contributed by atoms with van der Waals surface area (Å²) in [6.07, 6.45) is 0.745. The number of benzene rings is 1. The number of carbonyl (C=O) groups is 3. The van der Waals surface area contributed by atoms with Crippen LogP contribution in [0, 0.1) is 18.3 Å². The monoisotopic (exact) mass is 533 g/mol. The molecule has 4 N–H and O–H groups in total. The average molecular weight is 534 g/mol. The van der Waals surface area contributed by atoms with Gasteiger partial charge in [-0.25, -0.2) is 0 Å². The molecule has 4 aliphatic rings. The number of nitrogens with two attached hydrogens (primary N) is 1. The zero-order chi connectivity index (χ0) is 28.5. The molecule has 1 saturated heterocycles. The first-order valence-corrected chi connectivity index (χ1v) is 13.3. The maximum absolute atomic E-state index is 13.7. The van der Waals surface area contributed by atoms with Gasteiger partial charge in [-0.1, -0.05) is 6.07 Å². The van der Waals surface area contributed by atoms with Crippen molar-refractivity contribution in [3.8, 4) is 17.6 Å². The van der Waals surface area contributed by atoms with E-state index >= 15 is 0 Å². The van der Waals surface area contributed by atoms with Crippen LogP contribution in [0.4, 0.5) is 0 Å². The molecule has 0 radical (unpaired) electrons. The van der Waals surface area contributed by atoms with Crippen LogP contribution in [-0.4, -0.2) is 83.3 Å². The van der Waals surface area contributed by atoms with E-state index in [1.807, 2.05) is 24.9 Å². The van der Waals surface area contributed by atoms with Crippen LogP contribution in [0.5, 0.6) is 11.5 Å². The second-order valence-corrected chi connectivity index (χ2v) is 11.2. The number of nitrogens with zero attached hydrogens (tertiary/aromatic N) is 3. The summed E-state index contributed by atoms with van der Waals surface area (Å²) < 4.78 is 5.54. The van der Waals surface area contributed by atoms with Gasteiger partial charge in [0.25, 0.3) is 0 Å². The van der Waals surface area contributed by atoms with Gasteiger partial charge in [0, 0.05) is 46.5 Å². The molecule has 39 heavy (non-hydrogen) atoms. The lowest BCUT2D eigenvalue weighted by Crippen LogP contribution is -2.71. The molecule has 10 heteroatoms. The van der Waals surface area contributed by atoms with Gasteiger partial charge in [-0.3, -0.25) is 24.2 Å². The van der Waals surface area contributed by atoms with Gasteiger partial charge in [-0.05, 0) is 58.7 Å². The summed E-state index contributed by atoms with van der Waals surface area (Å²) in [5, 5.41) is 24.8. The number of piperazine rings is 1. The Morgan fingerprint density at radius 1 is 1.23 bits per heavy atom. The van der Waals surface area contributed by atoms with Gasteiger partial charge < -0.3 is 20.9 Å². The van der Waals surface area contributed by atoms with Crippen LogP contribution in [0.2, 0.25) is 0 Å². The number of nitriles is 1. The molecule has 1 aromatic rings. The Morgan fingerprint density at radius 3 is 2.51 bits per heavy atom. The van der Waals surface area contributed by atoms with Crippen LogP contribution in [0.3, 0.4) is 0 Å². The first-order chi connectivity index (χ1) is 18.4. The Bertz CT molecular complexity index is 1400. The highest BCUT2D eigenvalue weighted by molar-refractivity contribution is 6.25. The molecule has 1 amide bonds. The number of carbonyl (C=O) groups excluding carboxylic acids is 3. The number of allylic oxidation sites excluding steroid dienone is 2. The van der Waals surface area contributed by atoms with Crippen LogP contribution in [0.15, 0.2) is 28.4 Å². The maximum atomic E-state index is 13.7. The van der Waals surface area contributed by atoms with Gasteiger partial charge in [-0.2, -0.15) is 5.26 Å². The smallest absolute Gasteiger partial charge is 0.236 e. The highest BCUT2D eigenvalue weighted by Gasteiger charge is 2.57. The van der Waals surface area contributed by atoms with Crippen molar-refractivity contribution in [3.63, 3.8) is 0 Å². The van der Waals surface area contributed by atoms with Crippen molar-refractivity contribution in [2.75, 3.05) is 20.7 Å². The summed E-state index contributed by atoms with van der Waals surface area (Å²) in [6.45, 7) is 6.78. The predicted octanol–water partition coefficient (Wildman–Crippen LogP) is 1.20. The van der Waals surface area contributed by atoms with Crippen molar-refractivity contribution in [1.82, 2.24) is 15.1 Å². The van der Waals surface area contributed by atoms with E-state index in [0.717, 1.165) is 11.1 Å². The summed E-state index contributed by atoms with van der Waals surface area (Å²) in [4.78, 5) is 43.9. The normalized spacial score (nSPS) is 29.3. The highest BCUT2D eigenvalue weighted by Crippen LogP contribution is 2.53. The summed E-state index contributed by atoms with van der Waals surface area (Å²) >= 11 is 0. The van der Waals surface area contributed by atoms with Crippen LogP contribution < -0.4 is 15.8 Å². The number of nitrogens with one attached hydrogen (secondary N) is 1. The maximum Gasteiger partial charge on any atom is 0.236 e. The van der Waals surface area contributed by atoms with Gasteiger partial charge in [0.2, 0.25) is 5.91 Å². The number of aromatic hydroxyl groups is 1. The number of amides is 1. The van der Waals surface area contributed by atoms with E-state index in [4.69, 9.17) is 10.5 Å². The lowest BCUT2D eigenvalue weighted by atomic mass is 9.69. The minimum absolute atomic E-state index is 0.0262. The lowest BCUT2D eigenvalue weighted by molar-refractivity contribution is -0.124. The zero-order valence-corrected chi connectivity index (χ0v) is 23.2. The summed E-state index contributed by atoms with van der Waals surface area (Å²) in [5.41, 5.74) is 9.80. The molecule has 0 saturated carbocycles. The highest BCUT2D eigenvalue weighted by atomic mass is 16.5. The molecule has 5 rings (SSSR count). The van der Waals surface area contributed by atoms with E-state index in [1.54, 1.807) is 20.8 Å². The number of rotatable bonds is 4. The molecule has 206 valence electrons. The number of hydrogen-bond donors (Lipinski definition) is 3. The number of ketones is 2. The molecular weight excluding hydrogens is 498 g/mol. The number of Topliss-reactive ketones (excluding diaryl/α,β-unsaturated/α-hetero) is 2. The number of hydrogen-bond acceptors (Lipinski definition) is 9. The van der Waals surface area contributed by atoms with Gasteiger partial charge >= 0.3 is 0 Å². The Balaban J connectivity index is 1.72. The van der Waals surface area contributed by atoms with Crippen LogP contribution >= 0.6 is 0 Å². The van der Waals surface area contributed by atoms with Crippen molar-refractivity contribution in [2.24, 2.45) is 5.73 Å². The predicted molar refractivity (Wildman–Crippen MR) is 143 cm³/mol.